The maximum Gasteiger partial charge on any atom is 0.251 e. The van der Waals surface area contributed by atoms with Crippen molar-refractivity contribution < 1.29 is 4.79 Å². The van der Waals surface area contributed by atoms with Gasteiger partial charge in [-0.1, -0.05) is 0 Å². The summed E-state index contributed by atoms with van der Waals surface area (Å²) in [5.74, 6) is 0.0805. The summed E-state index contributed by atoms with van der Waals surface area (Å²) in [4.78, 5) is 11.8. The zero-order chi connectivity index (χ0) is 9.97. The highest BCUT2D eigenvalue weighted by Crippen LogP contribution is 2.12. The minimum Gasteiger partial charge on any atom is -0.396 e. The number of aromatic nitrogens is 2. The van der Waals surface area contributed by atoms with Gasteiger partial charge in [-0.25, -0.2) is 4.68 Å². The largest absolute Gasteiger partial charge is 0.396 e. The SMILES string of the molecule is Nc1cnn(C(=O)C2CCCNC2)c1. The Kier molecular flexibility index (Phi) is 2.49. The molecular weight excluding hydrogens is 180 g/mol. The van der Waals surface area contributed by atoms with Crippen LogP contribution >= 0.6 is 0 Å². The van der Waals surface area contributed by atoms with Crippen LogP contribution in [0.15, 0.2) is 12.4 Å². The van der Waals surface area contributed by atoms with Crippen molar-refractivity contribution in [2.75, 3.05) is 18.8 Å². The van der Waals surface area contributed by atoms with E-state index in [1.54, 1.807) is 6.20 Å². The van der Waals surface area contributed by atoms with Crippen LogP contribution in [0.25, 0.3) is 0 Å². The van der Waals surface area contributed by atoms with Gasteiger partial charge in [-0.3, -0.25) is 4.79 Å². The van der Waals surface area contributed by atoms with E-state index >= 15 is 0 Å². The monoisotopic (exact) mass is 194 g/mol. The molecule has 1 atom stereocenters. The van der Waals surface area contributed by atoms with Crippen molar-refractivity contribution >= 4 is 11.6 Å². The standard InChI is InChI=1S/C9H14N4O/c10-8-5-12-13(6-8)9(14)7-2-1-3-11-4-7/h5-7,11H,1-4,10H2. The van der Waals surface area contributed by atoms with Crippen molar-refractivity contribution in [2.24, 2.45) is 5.92 Å². The van der Waals surface area contributed by atoms with Crippen LogP contribution in [0.1, 0.15) is 17.6 Å². The fourth-order valence-corrected chi connectivity index (χ4v) is 1.71. The molecule has 1 saturated heterocycles. The summed E-state index contributed by atoms with van der Waals surface area (Å²) >= 11 is 0. The summed E-state index contributed by atoms with van der Waals surface area (Å²) in [5.41, 5.74) is 6.02. The van der Waals surface area contributed by atoms with Crippen LogP contribution in [0.5, 0.6) is 0 Å². The van der Waals surface area contributed by atoms with Crippen molar-refractivity contribution in [3.8, 4) is 0 Å². The topological polar surface area (TPSA) is 72.9 Å². The lowest BCUT2D eigenvalue weighted by molar-refractivity contribution is 0.0795. The Morgan fingerprint density at radius 2 is 2.57 bits per heavy atom. The molecule has 1 fully saturated rings. The number of anilines is 1. The molecule has 1 aromatic heterocycles. The molecule has 0 amide bonds. The fraction of sp³-hybridized carbons (Fsp3) is 0.556. The second-order valence-corrected chi connectivity index (χ2v) is 3.60. The van der Waals surface area contributed by atoms with E-state index in [0.29, 0.717) is 5.69 Å². The number of nitrogens with two attached hydrogens (primary N) is 1. The second kappa shape index (κ2) is 3.79. The van der Waals surface area contributed by atoms with Gasteiger partial charge in [0.15, 0.2) is 0 Å². The first kappa shape index (κ1) is 9.21. The van der Waals surface area contributed by atoms with Crippen LogP contribution in [0.3, 0.4) is 0 Å². The van der Waals surface area contributed by atoms with Gasteiger partial charge in [-0.15, -0.1) is 0 Å². The predicted molar refractivity (Wildman–Crippen MR) is 52.9 cm³/mol. The van der Waals surface area contributed by atoms with Gasteiger partial charge in [-0.2, -0.15) is 5.10 Å². The minimum atomic E-state index is 0.0360. The molecule has 5 heteroatoms. The van der Waals surface area contributed by atoms with Crippen LogP contribution < -0.4 is 11.1 Å². The lowest BCUT2D eigenvalue weighted by Gasteiger charge is -2.20. The predicted octanol–water partition coefficient (Wildman–Crippen LogP) is 0.105. The highest BCUT2D eigenvalue weighted by Gasteiger charge is 2.22. The molecule has 1 aromatic rings. The van der Waals surface area contributed by atoms with Crippen molar-refractivity contribution in [1.82, 2.24) is 15.1 Å². The van der Waals surface area contributed by atoms with E-state index in [2.05, 4.69) is 10.4 Å². The lowest BCUT2D eigenvalue weighted by Crippen LogP contribution is -2.36. The van der Waals surface area contributed by atoms with E-state index in [-0.39, 0.29) is 11.8 Å². The van der Waals surface area contributed by atoms with Gasteiger partial charge in [0.25, 0.3) is 5.91 Å². The molecule has 0 aliphatic carbocycles. The van der Waals surface area contributed by atoms with E-state index < -0.39 is 0 Å². The first-order chi connectivity index (χ1) is 6.77. The average molecular weight is 194 g/mol. The zero-order valence-electron chi connectivity index (χ0n) is 7.94. The molecular formula is C9H14N4O. The quantitative estimate of drug-likeness (QED) is 0.665. The Labute approximate surface area is 82.3 Å². The Morgan fingerprint density at radius 3 is 3.14 bits per heavy atom. The third-order valence-corrected chi connectivity index (χ3v) is 2.47. The molecule has 1 unspecified atom stereocenters. The third-order valence-electron chi connectivity index (χ3n) is 2.47. The van der Waals surface area contributed by atoms with Crippen LogP contribution in [0, 0.1) is 5.92 Å². The van der Waals surface area contributed by atoms with Crippen molar-refractivity contribution in [3.63, 3.8) is 0 Å². The number of nitrogen functional groups attached to an aromatic ring is 1. The molecule has 0 spiro atoms. The van der Waals surface area contributed by atoms with Gasteiger partial charge in [-0.05, 0) is 19.4 Å². The van der Waals surface area contributed by atoms with Gasteiger partial charge in [0.05, 0.1) is 24.0 Å². The molecule has 0 radical (unpaired) electrons. The summed E-state index contributed by atoms with van der Waals surface area (Å²) < 4.78 is 1.34. The van der Waals surface area contributed by atoms with Gasteiger partial charge in [0, 0.05) is 6.54 Å². The molecule has 0 bridgehead atoms. The first-order valence-corrected chi connectivity index (χ1v) is 4.82. The smallest absolute Gasteiger partial charge is 0.251 e. The highest BCUT2D eigenvalue weighted by molar-refractivity contribution is 5.81. The van der Waals surface area contributed by atoms with Crippen LogP contribution in [0.4, 0.5) is 5.69 Å². The van der Waals surface area contributed by atoms with Gasteiger partial charge < -0.3 is 11.1 Å². The second-order valence-electron chi connectivity index (χ2n) is 3.60. The Morgan fingerprint density at radius 1 is 1.71 bits per heavy atom. The molecule has 1 aliphatic heterocycles. The van der Waals surface area contributed by atoms with Gasteiger partial charge in [0.1, 0.15) is 0 Å². The Bertz CT molecular complexity index is 327. The summed E-state index contributed by atoms with van der Waals surface area (Å²) in [6.07, 6.45) is 5.05. The van der Waals surface area contributed by atoms with E-state index in [4.69, 9.17) is 5.73 Å². The summed E-state index contributed by atoms with van der Waals surface area (Å²) in [6, 6.07) is 0. The molecule has 76 valence electrons. The maximum absolute atomic E-state index is 11.8. The van der Waals surface area contributed by atoms with E-state index in [9.17, 15) is 4.79 Å². The average Bonchev–Trinajstić information content (AvgIpc) is 2.65. The highest BCUT2D eigenvalue weighted by atomic mass is 16.2. The number of carbonyl (C=O) groups is 1. The number of nitrogens with one attached hydrogen (secondary N) is 1. The summed E-state index contributed by atoms with van der Waals surface area (Å²) in [5, 5.41) is 7.10. The number of piperidine rings is 1. The van der Waals surface area contributed by atoms with Crippen LogP contribution in [0.2, 0.25) is 0 Å². The fourth-order valence-electron chi connectivity index (χ4n) is 1.71. The maximum atomic E-state index is 11.8. The molecule has 3 N–H and O–H groups in total. The first-order valence-electron chi connectivity index (χ1n) is 4.82. The molecule has 2 rings (SSSR count). The molecule has 5 nitrogen and oxygen atoms in total. The van der Waals surface area contributed by atoms with Gasteiger partial charge >= 0.3 is 0 Å². The van der Waals surface area contributed by atoms with E-state index in [1.165, 1.54) is 10.9 Å². The van der Waals surface area contributed by atoms with E-state index in [1.807, 2.05) is 0 Å². The Balaban J connectivity index is 2.07. The third kappa shape index (κ3) is 1.77. The molecule has 0 saturated carbocycles. The number of carbonyl (C=O) groups excluding carboxylic acids is 1. The number of nitrogens with zero attached hydrogens (tertiary/aromatic N) is 2. The van der Waals surface area contributed by atoms with Crippen LogP contribution in [-0.2, 0) is 0 Å². The number of hydrogen-bond donors (Lipinski definition) is 2. The van der Waals surface area contributed by atoms with E-state index in [0.717, 1.165) is 25.9 Å². The van der Waals surface area contributed by atoms with Crippen LogP contribution in [-0.4, -0.2) is 28.8 Å². The van der Waals surface area contributed by atoms with Crippen molar-refractivity contribution in [2.45, 2.75) is 12.8 Å². The minimum absolute atomic E-state index is 0.0360. The van der Waals surface area contributed by atoms with Crippen molar-refractivity contribution in [3.05, 3.63) is 12.4 Å². The van der Waals surface area contributed by atoms with Crippen molar-refractivity contribution in [1.29, 1.82) is 0 Å². The zero-order valence-corrected chi connectivity index (χ0v) is 7.94. The Hall–Kier alpha value is -1.36. The normalized spacial score (nSPS) is 22.1. The lowest BCUT2D eigenvalue weighted by atomic mass is 9.99. The molecule has 0 aromatic carbocycles. The number of hydrogen-bond acceptors (Lipinski definition) is 4. The molecule has 2 heterocycles. The molecule has 14 heavy (non-hydrogen) atoms. The number of rotatable bonds is 1. The molecule has 1 aliphatic rings. The summed E-state index contributed by atoms with van der Waals surface area (Å²) in [7, 11) is 0. The van der Waals surface area contributed by atoms with Gasteiger partial charge in [0.2, 0.25) is 0 Å². The summed E-state index contributed by atoms with van der Waals surface area (Å²) in [6.45, 7) is 1.75.